The molecule has 0 aromatic carbocycles. The van der Waals surface area contributed by atoms with Gasteiger partial charge in [0.05, 0.1) is 0 Å². The van der Waals surface area contributed by atoms with Gasteiger partial charge in [0, 0.05) is 26.3 Å². The Morgan fingerprint density at radius 3 is 2.67 bits per heavy atom. The molecule has 1 unspecified atom stereocenters. The lowest BCUT2D eigenvalue weighted by molar-refractivity contribution is 0.175. The summed E-state index contributed by atoms with van der Waals surface area (Å²) < 4.78 is 4.98. The normalized spacial score (nSPS) is 13.3. The molecule has 12 heavy (non-hydrogen) atoms. The standard InChI is InChI=1S/C9H19NOS/c1-4-9(8-12)10(2)6-5-7-11-3/h8-9H,4-7H2,1-3H3. The van der Waals surface area contributed by atoms with E-state index < -0.39 is 0 Å². The molecular formula is C9H19NOS. The first-order valence-electron chi connectivity index (χ1n) is 4.40. The van der Waals surface area contributed by atoms with Crippen LogP contribution in [-0.4, -0.2) is 43.6 Å². The van der Waals surface area contributed by atoms with Gasteiger partial charge in [0.25, 0.3) is 0 Å². The maximum atomic E-state index is 4.98. The molecule has 0 saturated carbocycles. The maximum absolute atomic E-state index is 4.98. The molecule has 2 nitrogen and oxygen atoms in total. The molecule has 3 heteroatoms. The highest BCUT2D eigenvalue weighted by molar-refractivity contribution is 7.79. The van der Waals surface area contributed by atoms with Gasteiger partial charge >= 0.3 is 0 Å². The fourth-order valence-electron chi connectivity index (χ4n) is 1.14. The number of ether oxygens (including phenoxy) is 1. The first kappa shape index (κ1) is 12.0. The molecule has 0 aliphatic carbocycles. The van der Waals surface area contributed by atoms with Gasteiger partial charge in [0.15, 0.2) is 0 Å². The van der Waals surface area contributed by atoms with E-state index in [1.54, 1.807) is 7.11 Å². The van der Waals surface area contributed by atoms with Crippen LogP contribution in [0.1, 0.15) is 19.8 Å². The van der Waals surface area contributed by atoms with Gasteiger partial charge in [-0.05, 0) is 25.3 Å². The molecule has 0 saturated heterocycles. The molecule has 0 radical (unpaired) electrons. The number of thiocarbonyl (C=S) groups is 1. The van der Waals surface area contributed by atoms with Crippen LogP contribution in [0.5, 0.6) is 0 Å². The average molecular weight is 189 g/mol. The van der Waals surface area contributed by atoms with Gasteiger partial charge in [0.2, 0.25) is 0 Å². The molecule has 0 N–H and O–H groups in total. The summed E-state index contributed by atoms with van der Waals surface area (Å²) in [4.78, 5) is 2.27. The van der Waals surface area contributed by atoms with Gasteiger partial charge in [0.1, 0.15) is 0 Å². The van der Waals surface area contributed by atoms with Crippen molar-refractivity contribution in [3.8, 4) is 0 Å². The number of methoxy groups -OCH3 is 1. The molecule has 0 aromatic heterocycles. The predicted octanol–water partition coefficient (Wildman–Crippen LogP) is 1.73. The SMILES string of the molecule is CCC(C=S)N(C)CCCOC. The first-order chi connectivity index (χ1) is 5.76. The molecule has 0 heterocycles. The van der Waals surface area contributed by atoms with E-state index in [0.29, 0.717) is 6.04 Å². The van der Waals surface area contributed by atoms with Crippen molar-refractivity contribution in [1.29, 1.82) is 0 Å². The van der Waals surface area contributed by atoms with E-state index in [1.165, 1.54) is 0 Å². The molecule has 0 bridgehead atoms. The Morgan fingerprint density at radius 2 is 2.25 bits per heavy atom. The average Bonchev–Trinajstić information content (AvgIpc) is 2.07. The minimum Gasteiger partial charge on any atom is -0.385 e. The van der Waals surface area contributed by atoms with Crippen LogP contribution < -0.4 is 0 Å². The number of hydrogen-bond acceptors (Lipinski definition) is 3. The molecule has 1 atom stereocenters. The fourth-order valence-corrected chi connectivity index (χ4v) is 1.54. The van der Waals surface area contributed by atoms with E-state index in [9.17, 15) is 0 Å². The lowest BCUT2D eigenvalue weighted by Gasteiger charge is -2.23. The van der Waals surface area contributed by atoms with Gasteiger partial charge in [-0.2, -0.15) is 0 Å². The number of rotatable bonds is 7. The summed E-state index contributed by atoms with van der Waals surface area (Å²) >= 11 is 4.93. The van der Waals surface area contributed by atoms with E-state index in [0.717, 1.165) is 26.0 Å². The van der Waals surface area contributed by atoms with Crippen molar-refractivity contribution in [2.45, 2.75) is 25.8 Å². The van der Waals surface area contributed by atoms with Crippen LogP contribution in [-0.2, 0) is 4.74 Å². The van der Waals surface area contributed by atoms with Crippen molar-refractivity contribution < 1.29 is 4.74 Å². The Morgan fingerprint density at radius 1 is 1.58 bits per heavy atom. The van der Waals surface area contributed by atoms with Gasteiger partial charge < -0.3 is 4.74 Å². The van der Waals surface area contributed by atoms with E-state index in [2.05, 4.69) is 18.9 Å². The lowest BCUT2D eigenvalue weighted by atomic mass is 10.2. The first-order valence-corrected chi connectivity index (χ1v) is 4.87. The highest BCUT2D eigenvalue weighted by Gasteiger charge is 2.07. The van der Waals surface area contributed by atoms with Crippen LogP contribution in [0.4, 0.5) is 0 Å². The van der Waals surface area contributed by atoms with Crippen molar-refractivity contribution in [3.05, 3.63) is 0 Å². The summed E-state index contributed by atoms with van der Waals surface area (Å²) in [7, 11) is 3.84. The minimum atomic E-state index is 0.442. The van der Waals surface area contributed by atoms with Crippen molar-refractivity contribution in [2.75, 3.05) is 27.3 Å². The number of hydrogen-bond donors (Lipinski definition) is 0. The molecule has 0 fully saturated rings. The fraction of sp³-hybridized carbons (Fsp3) is 0.889. The van der Waals surface area contributed by atoms with Crippen LogP contribution in [0.25, 0.3) is 0 Å². The summed E-state index contributed by atoms with van der Waals surface area (Å²) in [5.41, 5.74) is 0. The maximum Gasteiger partial charge on any atom is 0.0474 e. The molecule has 72 valence electrons. The minimum absolute atomic E-state index is 0.442. The summed E-state index contributed by atoms with van der Waals surface area (Å²) in [6.45, 7) is 4.04. The van der Waals surface area contributed by atoms with Crippen LogP contribution in [0.2, 0.25) is 0 Å². The van der Waals surface area contributed by atoms with E-state index in [-0.39, 0.29) is 0 Å². The summed E-state index contributed by atoms with van der Waals surface area (Å²) in [6.07, 6.45) is 2.17. The number of nitrogens with zero attached hydrogens (tertiary/aromatic N) is 1. The summed E-state index contributed by atoms with van der Waals surface area (Å²) in [5.74, 6) is 0. The largest absolute Gasteiger partial charge is 0.385 e. The van der Waals surface area contributed by atoms with Crippen LogP contribution in [0.3, 0.4) is 0 Å². The van der Waals surface area contributed by atoms with Crippen molar-refractivity contribution >= 4 is 17.6 Å². The third-order valence-electron chi connectivity index (χ3n) is 2.00. The van der Waals surface area contributed by atoms with Crippen molar-refractivity contribution in [3.63, 3.8) is 0 Å². The smallest absolute Gasteiger partial charge is 0.0474 e. The Bertz CT molecular complexity index is 119. The Labute approximate surface area is 80.9 Å². The highest BCUT2D eigenvalue weighted by atomic mass is 32.1. The van der Waals surface area contributed by atoms with Crippen molar-refractivity contribution in [2.24, 2.45) is 0 Å². The van der Waals surface area contributed by atoms with Crippen molar-refractivity contribution in [1.82, 2.24) is 4.90 Å². The molecule has 0 amide bonds. The van der Waals surface area contributed by atoms with Crippen LogP contribution >= 0.6 is 12.2 Å². The Kier molecular flexibility index (Phi) is 7.65. The summed E-state index contributed by atoms with van der Waals surface area (Å²) in [5, 5.41) is 1.84. The quantitative estimate of drug-likeness (QED) is 0.447. The lowest BCUT2D eigenvalue weighted by Crippen LogP contribution is -2.33. The molecule has 0 spiro atoms. The third kappa shape index (κ3) is 4.80. The van der Waals surface area contributed by atoms with Crippen LogP contribution in [0.15, 0.2) is 0 Å². The zero-order valence-corrected chi connectivity index (χ0v) is 9.06. The second-order valence-electron chi connectivity index (χ2n) is 2.94. The monoisotopic (exact) mass is 189 g/mol. The van der Waals surface area contributed by atoms with E-state index in [1.807, 2.05) is 5.37 Å². The zero-order valence-electron chi connectivity index (χ0n) is 8.25. The molecular weight excluding hydrogens is 170 g/mol. The van der Waals surface area contributed by atoms with Crippen LogP contribution in [0, 0.1) is 0 Å². The Balaban J connectivity index is 3.53. The molecule has 0 aliphatic rings. The van der Waals surface area contributed by atoms with E-state index >= 15 is 0 Å². The third-order valence-corrected chi connectivity index (χ3v) is 2.31. The van der Waals surface area contributed by atoms with Gasteiger partial charge in [-0.1, -0.05) is 19.1 Å². The van der Waals surface area contributed by atoms with E-state index in [4.69, 9.17) is 17.0 Å². The van der Waals surface area contributed by atoms with Gasteiger partial charge in [-0.25, -0.2) is 0 Å². The molecule has 0 rings (SSSR count). The molecule has 0 aromatic rings. The predicted molar refractivity (Wildman–Crippen MR) is 56.9 cm³/mol. The topological polar surface area (TPSA) is 12.5 Å². The highest BCUT2D eigenvalue weighted by Crippen LogP contribution is 1.99. The summed E-state index contributed by atoms with van der Waals surface area (Å²) in [6, 6.07) is 0.442. The Hall–Kier alpha value is 0.0100. The van der Waals surface area contributed by atoms with Gasteiger partial charge in [-0.3, -0.25) is 4.90 Å². The molecule has 0 aliphatic heterocycles. The van der Waals surface area contributed by atoms with Gasteiger partial charge in [-0.15, -0.1) is 0 Å². The second kappa shape index (κ2) is 7.65. The zero-order chi connectivity index (χ0) is 9.40. The second-order valence-corrected chi connectivity index (χ2v) is 3.21.